The Morgan fingerprint density at radius 2 is 2.14 bits per heavy atom. The molecule has 1 rings (SSSR count). The van der Waals surface area contributed by atoms with E-state index in [1.165, 1.54) is 0 Å². The summed E-state index contributed by atoms with van der Waals surface area (Å²) in [6.45, 7) is 6.54. The van der Waals surface area contributed by atoms with Gasteiger partial charge in [-0.1, -0.05) is 20.8 Å². The van der Waals surface area contributed by atoms with E-state index in [2.05, 4.69) is 0 Å². The highest BCUT2D eigenvalue weighted by Crippen LogP contribution is 2.15. The molecule has 14 heavy (non-hydrogen) atoms. The zero-order chi connectivity index (χ0) is 11.1. The number of likely N-dealkylation sites (tertiary alicyclic amines) is 1. The Labute approximate surface area is 85.4 Å². The largest absolute Gasteiger partial charge is 0.368 e. The van der Waals surface area contributed by atoms with Gasteiger partial charge in [0.25, 0.3) is 0 Å². The third-order valence-corrected chi connectivity index (χ3v) is 2.20. The van der Waals surface area contributed by atoms with Crippen LogP contribution < -0.4 is 5.73 Å². The van der Waals surface area contributed by atoms with Crippen molar-refractivity contribution in [3.05, 3.63) is 0 Å². The molecule has 4 heteroatoms. The van der Waals surface area contributed by atoms with E-state index in [-0.39, 0.29) is 11.9 Å². The van der Waals surface area contributed by atoms with Gasteiger partial charge in [-0.15, -0.1) is 0 Å². The van der Waals surface area contributed by atoms with Crippen molar-refractivity contribution in [2.45, 2.75) is 46.1 Å². The van der Waals surface area contributed by atoms with E-state index in [9.17, 15) is 9.59 Å². The molecule has 1 heterocycles. The lowest BCUT2D eigenvalue weighted by Crippen LogP contribution is -2.44. The van der Waals surface area contributed by atoms with Crippen LogP contribution >= 0.6 is 0 Å². The summed E-state index contributed by atoms with van der Waals surface area (Å²) in [5.41, 5.74) is 5.16. The lowest BCUT2D eigenvalue weighted by molar-refractivity contribution is -0.136. The smallest absolute Gasteiger partial charge is 0.240 e. The number of hydrogen-bond donors (Lipinski definition) is 1. The van der Waals surface area contributed by atoms with E-state index in [4.69, 9.17) is 5.73 Å². The Hall–Kier alpha value is -1.06. The molecule has 2 amide bonds. The molecule has 0 aliphatic carbocycles. The van der Waals surface area contributed by atoms with E-state index < -0.39 is 5.91 Å². The minimum atomic E-state index is -0.396. The van der Waals surface area contributed by atoms with Crippen molar-refractivity contribution < 1.29 is 9.59 Å². The molecule has 0 aromatic heterocycles. The van der Waals surface area contributed by atoms with Crippen LogP contribution in [0.3, 0.4) is 0 Å². The predicted molar refractivity (Wildman–Crippen MR) is 55.6 cm³/mol. The van der Waals surface area contributed by atoms with E-state index >= 15 is 0 Å². The van der Waals surface area contributed by atoms with Gasteiger partial charge >= 0.3 is 0 Å². The first-order valence-electron chi connectivity index (χ1n) is 5.25. The third-order valence-electron chi connectivity index (χ3n) is 2.20. The van der Waals surface area contributed by atoms with Gasteiger partial charge in [-0.3, -0.25) is 9.59 Å². The molecule has 1 atom stereocenters. The number of amides is 2. The van der Waals surface area contributed by atoms with E-state index in [0.717, 1.165) is 6.42 Å². The number of nitrogens with two attached hydrogens (primary N) is 1. The molecule has 0 aromatic rings. The molecule has 0 radical (unpaired) electrons. The SMILES string of the molecule is CC.CC[C@@H](C(N)=O)N1CCCC1=O. The highest BCUT2D eigenvalue weighted by Gasteiger charge is 2.29. The van der Waals surface area contributed by atoms with Gasteiger partial charge in [-0.2, -0.15) is 0 Å². The minimum absolute atomic E-state index is 0.0562. The van der Waals surface area contributed by atoms with Gasteiger partial charge in [0.1, 0.15) is 6.04 Å². The fraction of sp³-hybridized carbons (Fsp3) is 0.800. The van der Waals surface area contributed by atoms with Gasteiger partial charge in [0, 0.05) is 13.0 Å². The average Bonchev–Trinajstić information content (AvgIpc) is 2.57. The Morgan fingerprint density at radius 3 is 2.43 bits per heavy atom. The predicted octanol–water partition coefficient (Wildman–Crippen LogP) is 0.899. The molecule has 1 saturated heterocycles. The summed E-state index contributed by atoms with van der Waals surface area (Å²) in [6.07, 6.45) is 2.02. The van der Waals surface area contributed by atoms with Crippen molar-refractivity contribution in [2.24, 2.45) is 5.73 Å². The second-order valence-electron chi connectivity index (χ2n) is 3.02. The summed E-state index contributed by atoms with van der Waals surface area (Å²) in [7, 11) is 0. The summed E-state index contributed by atoms with van der Waals surface area (Å²) in [6, 6.07) is -0.389. The summed E-state index contributed by atoms with van der Waals surface area (Å²) < 4.78 is 0. The molecule has 82 valence electrons. The first kappa shape index (κ1) is 12.9. The number of nitrogens with zero attached hydrogens (tertiary/aromatic N) is 1. The van der Waals surface area contributed by atoms with Crippen molar-refractivity contribution in [2.75, 3.05) is 6.54 Å². The molecule has 1 aliphatic heterocycles. The summed E-state index contributed by atoms with van der Waals surface area (Å²) in [4.78, 5) is 23.7. The second-order valence-corrected chi connectivity index (χ2v) is 3.02. The normalized spacial score (nSPS) is 17.4. The number of primary amides is 1. The number of carbonyl (C=O) groups is 2. The van der Waals surface area contributed by atoms with Gasteiger partial charge in [0.05, 0.1) is 0 Å². The minimum Gasteiger partial charge on any atom is -0.368 e. The van der Waals surface area contributed by atoms with Crippen LogP contribution in [0.4, 0.5) is 0 Å². The van der Waals surface area contributed by atoms with Crippen LogP contribution in [0.15, 0.2) is 0 Å². The quantitative estimate of drug-likeness (QED) is 0.735. The Bertz CT molecular complexity index is 204. The molecule has 0 saturated carbocycles. The molecule has 2 N–H and O–H groups in total. The first-order valence-corrected chi connectivity index (χ1v) is 5.25. The first-order chi connectivity index (χ1) is 6.66. The Kier molecular flexibility index (Phi) is 5.92. The maximum Gasteiger partial charge on any atom is 0.240 e. The van der Waals surface area contributed by atoms with Crippen LogP contribution in [0.25, 0.3) is 0 Å². The molecular formula is C10H20N2O2. The summed E-state index contributed by atoms with van der Waals surface area (Å²) in [5.74, 6) is -0.339. The van der Waals surface area contributed by atoms with Crippen molar-refractivity contribution >= 4 is 11.8 Å². The maximum atomic E-state index is 11.2. The van der Waals surface area contributed by atoms with Crippen LogP contribution in [0.5, 0.6) is 0 Å². The van der Waals surface area contributed by atoms with Crippen molar-refractivity contribution in [3.63, 3.8) is 0 Å². The third kappa shape index (κ3) is 3.01. The van der Waals surface area contributed by atoms with Crippen LogP contribution in [-0.4, -0.2) is 29.3 Å². The lowest BCUT2D eigenvalue weighted by Gasteiger charge is -2.23. The number of hydrogen-bond acceptors (Lipinski definition) is 2. The summed E-state index contributed by atoms with van der Waals surface area (Å²) in [5, 5.41) is 0. The molecule has 4 nitrogen and oxygen atoms in total. The lowest BCUT2D eigenvalue weighted by atomic mass is 10.2. The maximum absolute atomic E-state index is 11.2. The van der Waals surface area contributed by atoms with Crippen molar-refractivity contribution in [1.29, 1.82) is 0 Å². The van der Waals surface area contributed by atoms with Crippen LogP contribution in [0.2, 0.25) is 0 Å². The highest BCUT2D eigenvalue weighted by atomic mass is 16.2. The Balaban J connectivity index is 0.000000791. The Morgan fingerprint density at radius 1 is 1.57 bits per heavy atom. The molecule has 0 spiro atoms. The molecule has 1 aliphatic rings. The van der Waals surface area contributed by atoms with Crippen LogP contribution in [0.1, 0.15) is 40.0 Å². The zero-order valence-electron chi connectivity index (χ0n) is 9.25. The van der Waals surface area contributed by atoms with E-state index in [1.54, 1.807) is 4.90 Å². The molecular weight excluding hydrogens is 180 g/mol. The second kappa shape index (κ2) is 6.40. The standard InChI is InChI=1S/C8H14N2O2.C2H6/c1-2-6(8(9)12)10-5-3-4-7(10)11;1-2/h6H,2-5H2,1H3,(H2,9,12);1-2H3/t6-;/m0./s1. The van der Waals surface area contributed by atoms with Gasteiger partial charge in [0.2, 0.25) is 11.8 Å². The monoisotopic (exact) mass is 200 g/mol. The number of carbonyl (C=O) groups excluding carboxylic acids is 2. The molecule has 0 unspecified atom stereocenters. The average molecular weight is 200 g/mol. The van der Waals surface area contributed by atoms with Gasteiger partial charge < -0.3 is 10.6 Å². The van der Waals surface area contributed by atoms with Gasteiger partial charge in [0.15, 0.2) is 0 Å². The van der Waals surface area contributed by atoms with Gasteiger partial charge in [-0.25, -0.2) is 0 Å². The fourth-order valence-electron chi connectivity index (χ4n) is 1.57. The molecule has 0 bridgehead atoms. The van der Waals surface area contributed by atoms with Crippen molar-refractivity contribution in [1.82, 2.24) is 4.90 Å². The summed E-state index contributed by atoms with van der Waals surface area (Å²) >= 11 is 0. The highest BCUT2D eigenvalue weighted by molar-refractivity contribution is 5.87. The van der Waals surface area contributed by atoms with Crippen molar-refractivity contribution in [3.8, 4) is 0 Å². The van der Waals surface area contributed by atoms with Crippen LogP contribution in [-0.2, 0) is 9.59 Å². The fourth-order valence-corrected chi connectivity index (χ4v) is 1.57. The zero-order valence-corrected chi connectivity index (χ0v) is 9.25. The molecule has 0 aromatic carbocycles. The topological polar surface area (TPSA) is 63.4 Å². The number of rotatable bonds is 3. The van der Waals surface area contributed by atoms with E-state index in [0.29, 0.717) is 19.4 Å². The van der Waals surface area contributed by atoms with Crippen LogP contribution in [0, 0.1) is 0 Å². The van der Waals surface area contributed by atoms with Gasteiger partial charge in [-0.05, 0) is 12.8 Å². The molecule has 1 fully saturated rings. The van der Waals surface area contributed by atoms with E-state index in [1.807, 2.05) is 20.8 Å².